The molecule has 2 rings (SSSR count). The smallest absolute Gasteiger partial charge is 0.250 e. The van der Waals surface area contributed by atoms with E-state index in [1.165, 1.54) is 0 Å². The van der Waals surface area contributed by atoms with E-state index >= 15 is 0 Å². The molecule has 104 valence electrons. The molecular formula is C16H19N3O. The van der Waals surface area contributed by atoms with Gasteiger partial charge >= 0.3 is 0 Å². The number of nitrogen functional groups attached to an aromatic ring is 1. The zero-order valence-electron chi connectivity index (χ0n) is 11.5. The van der Waals surface area contributed by atoms with Crippen LogP contribution in [-0.4, -0.2) is 12.5 Å². The third-order valence-corrected chi connectivity index (χ3v) is 3.31. The van der Waals surface area contributed by atoms with Gasteiger partial charge in [-0.3, -0.25) is 4.79 Å². The van der Waals surface area contributed by atoms with Gasteiger partial charge in [-0.1, -0.05) is 30.3 Å². The summed E-state index contributed by atoms with van der Waals surface area (Å²) in [6.07, 6.45) is 0. The third kappa shape index (κ3) is 2.91. The van der Waals surface area contributed by atoms with E-state index in [4.69, 9.17) is 11.5 Å². The minimum atomic E-state index is -0.417. The summed E-state index contributed by atoms with van der Waals surface area (Å²) in [6.45, 7) is 3.45. The highest BCUT2D eigenvalue weighted by atomic mass is 16.1. The van der Waals surface area contributed by atoms with Crippen molar-refractivity contribution in [2.24, 2.45) is 5.73 Å². The van der Waals surface area contributed by atoms with Crippen LogP contribution in [0.25, 0.3) is 0 Å². The molecule has 0 bridgehead atoms. The van der Waals surface area contributed by atoms with Gasteiger partial charge in [0.1, 0.15) is 0 Å². The van der Waals surface area contributed by atoms with Crippen LogP contribution in [0.5, 0.6) is 0 Å². The Kier molecular flexibility index (Phi) is 4.25. The number of nitrogens with two attached hydrogens (primary N) is 2. The van der Waals surface area contributed by atoms with Gasteiger partial charge in [0.25, 0.3) is 5.91 Å². The summed E-state index contributed by atoms with van der Waals surface area (Å²) >= 11 is 0. The van der Waals surface area contributed by atoms with Gasteiger partial charge in [-0.2, -0.15) is 0 Å². The lowest BCUT2D eigenvalue weighted by atomic mass is 10.1. The molecule has 4 N–H and O–H groups in total. The zero-order chi connectivity index (χ0) is 14.5. The van der Waals surface area contributed by atoms with Crippen molar-refractivity contribution in [2.45, 2.75) is 13.5 Å². The van der Waals surface area contributed by atoms with Gasteiger partial charge in [0.05, 0.1) is 5.56 Å². The molecule has 0 aliphatic rings. The molecule has 2 aromatic rings. The van der Waals surface area contributed by atoms with E-state index in [1.54, 1.807) is 6.07 Å². The Morgan fingerprint density at radius 1 is 1.10 bits per heavy atom. The van der Waals surface area contributed by atoms with Crippen LogP contribution in [0.15, 0.2) is 48.5 Å². The fourth-order valence-corrected chi connectivity index (χ4v) is 2.21. The average molecular weight is 269 g/mol. The highest BCUT2D eigenvalue weighted by Gasteiger charge is 2.14. The van der Waals surface area contributed by atoms with Crippen LogP contribution in [0.2, 0.25) is 0 Å². The summed E-state index contributed by atoms with van der Waals surface area (Å²) in [5.41, 5.74) is 14.6. The van der Waals surface area contributed by atoms with Gasteiger partial charge in [-0.05, 0) is 30.7 Å². The van der Waals surface area contributed by atoms with E-state index in [0.29, 0.717) is 12.1 Å². The van der Waals surface area contributed by atoms with Crippen LogP contribution < -0.4 is 16.4 Å². The topological polar surface area (TPSA) is 72.3 Å². The van der Waals surface area contributed by atoms with Crippen LogP contribution in [0, 0.1) is 0 Å². The Labute approximate surface area is 119 Å². The van der Waals surface area contributed by atoms with Gasteiger partial charge in [-0.15, -0.1) is 0 Å². The molecule has 4 heteroatoms. The quantitative estimate of drug-likeness (QED) is 0.819. The van der Waals surface area contributed by atoms with Crippen molar-refractivity contribution in [1.82, 2.24) is 0 Å². The number of carbonyl (C=O) groups is 1. The van der Waals surface area contributed by atoms with Crippen molar-refractivity contribution in [2.75, 3.05) is 17.2 Å². The SMILES string of the molecule is CCN(Cc1ccccc1N)c1ccccc1C(N)=O. The number of amides is 1. The molecule has 1 amide bonds. The lowest BCUT2D eigenvalue weighted by Crippen LogP contribution is -2.26. The van der Waals surface area contributed by atoms with E-state index in [0.717, 1.165) is 23.5 Å². The normalized spacial score (nSPS) is 10.2. The van der Waals surface area contributed by atoms with Crippen molar-refractivity contribution in [1.29, 1.82) is 0 Å². The number of benzene rings is 2. The van der Waals surface area contributed by atoms with Crippen LogP contribution in [0.1, 0.15) is 22.8 Å². The molecule has 0 radical (unpaired) electrons. The standard InChI is InChI=1S/C16H19N3O/c1-2-19(11-12-7-3-5-9-14(12)17)15-10-6-4-8-13(15)16(18)20/h3-10H,2,11,17H2,1H3,(H2,18,20). The van der Waals surface area contributed by atoms with Crippen molar-refractivity contribution < 1.29 is 4.79 Å². The lowest BCUT2D eigenvalue weighted by molar-refractivity contribution is 0.100. The molecule has 0 fully saturated rings. The zero-order valence-corrected chi connectivity index (χ0v) is 11.5. The molecule has 0 heterocycles. The first kappa shape index (κ1) is 13.9. The Bertz CT molecular complexity index is 610. The molecule has 0 atom stereocenters. The predicted octanol–water partition coefficient (Wildman–Crippen LogP) is 2.39. The average Bonchev–Trinajstić information content (AvgIpc) is 2.46. The highest BCUT2D eigenvalue weighted by Crippen LogP contribution is 2.23. The second-order valence-electron chi connectivity index (χ2n) is 4.59. The lowest BCUT2D eigenvalue weighted by Gasteiger charge is -2.25. The molecule has 0 aliphatic carbocycles. The summed E-state index contributed by atoms with van der Waals surface area (Å²) in [4.78, 5) is 13.6. The van der Waals surface area contributed by atoms with Gasteiger partial charge in [0, 0.05) is 24.5 Å². The van der Waals surface area contributed by atoms with E-state index in [-0.39, 0.29) is 0 Å². The predicted molar refractivity (Wildman–Crippen MR) is 82.5 cm³/mol. The minimum Gasteiger partial charge on any atom is -0.398 e. The maximum atomic E-state index is 11.5. The van der Waals surface area contributed by atoms with Crippen LogP contribution in [0.4, 0.5) is 11.4 Å². The molecule has 20 heavy (non-hydrogen) atoms. The maximum Gasteiger partial charge on any atom is 0.250 e. The molecular weight excluding hydrogens is 250 g/mol. The molecule has 0 saturated carbocycles. The largest absolute Gasteiger partial charge is 0.398 e. The molecule has 4 nitrogen and oxygen atoms in total. The monoisotopic (exact) mass is 269 g/mol. The maximum absolute atomic E-state index is 11.5. The van der Waals surface area contributed by atoms with Crippen molar-refractivity contribution in [3.05, 3.63) is 59.7 Å². The summed E-state index contributed by atoms with van der Waals surface area (Å²) in [5, 5.41) is 0. The Morgan fingerprint density at radius 3 is 2.40 bits per heavy atom. The van der Waals surface area contributed by atoms with Crippen LogP contribution in [0.3, 0.4) is 0 Å². The van der Waals surface area contributed by atoms with Gasteiger partial charge in [-0.25, -0.2) is 0 Å². The number of primary amides is 1. The molecule has 0 aromatic heterocycles. The first-order chi connectivity index (χ1) is 9.63. The van der Waals surface area contributed by atoms with Gasteiger partial charge in [0.2, 0.25) is 0 Å². The number of nitrogens with zero attached hydrogens (tertiary/aromatic N) is 1. The fraction of sp³-hybridized carbons (Fsp3) is 0.188. The van der Waals surface area contributed by atoms with Crippen LogP contribution in [-0.2, 0) is 6.54 Å². The van der Waals surface area contributed by atoms with Gasteiger partial charge < -0.3 is 16.4 Å². The molecule has 2 aromatic carbocycles. The minimum absolute atomic E-state index is 0.417. The first-order valence-corrected chi connectivity index (χ1v) is 6.60. The second kappa shape index (κ2) is 6.10. The third-order valence-electron chi connectivity index (χ3n) is 3.31. The number of hydrogen-bond acceptors (Lipinski definition) is 3. The van der Waals surface area contributed by atoms with Crippen LogP contribution >= 0.6 is 0 Å². The number of anilines is 2. The molecule has 0 spiro atoms. The van der Waals surface area contributed by atoms with E-state index < -0.39 is 5.91 Å². The van der Waals surface area contributed by atoms with E-state index in [2.05, 4.69) is 4.90 Å². The number of carbonyl (C=O) groups excluding carboxylic acids is 1. The summed E-state index contributed by atoms with van der Waals surface area (Å²) in [6, 6.07) is 15.1. The van der Waals surface area contributed by atoms with Crippen molar-refractivity contribution in [3.8, 4) is 0 Å². The van der Waals surface area contributed by atoms with Crippen molar-refractivity contribution >= 4 is 17.3 Å². The number of rotatable bonds is 5. The fourth-order valence-electron chi connectivity index (χ4n) is 2.21. The molecule has 0 saturated heterocycles. The number of para-hydroxylation sites is 2. The first-order valence-electron chi connectivity index (χ1n) is 6.60. The summed E-state index contributed by atoms with van der Waals surface area (Å²) < 4.78 is 0. The summed E-state index contributed by atoms with van der Waals surface area (Å²) in [7, 11) is 0. The second-order valence-corrected chi connectivity index (χ2v) is 4.59. The molecule has 0 unspecified atom stereocenters. The Morgan fingerprint density at radius 2 is 1.75 bits per heavy atom. The van der Waals surface area contributed by atoms with E-state index in [1.807, 2.05) is 49.4 Å². The Balaban J connectivity index is 2.34. The number of hydrogen-bond donors (Lipinski definition) is 2. The van der Waals surface area contributed by atoms with E-state index in [9.17, 15) is 4.79 Å². The Hall–Kier alpha value is -2.49. The van der Waals surface area contributed by atoms with Crippen molar-refractivity contribution in [3.63, 3.8) is 0 Å². The highest BCUT2D eigenvalue weighted by molar-refractivity contribution is 5.98. The summed E-state index contributed by atoms with van der Waals surface area (Å²) in [5.74, 6) is -0.417. The van der Waals surface area contributed by atoms with Gasteiger partial charge in [0.15, 0.2) is 0 Å². The molecule has 0 aliphatic heterocycles.